The Kier molecular flexibility index (Phi) is 10.0. The van der Waals surface area contributed by atoms with E-state index in [9.17, 15) is 14.7 Å². The molecule has 0 saturated heterocycles. The first-order valence-electron chi connectivity index (χ1n) is 10.6. The number of carbonyl (C=O) groups excluding carboxylic acids is 2. The number of aliphatic hydroxyl groups is 1. The number of esters is 2. The maximum Gasteiger partial charge on any atom is 0.303 e. The summed E-state index contributed by atoms with van der Waals surface area (Å²) in [4.78, 5) is 22.1. The van der Waals surface area contributed by atoms with Crippen molar-refractivity contribution in [2.45, 2.75) is 45.3 Å². The number of aliphatic hydroxyl groups excluding tert-OH is 1. The van der Waals surface area contributed by atoms with E-state index in [0.29, 0.717) is 11.5 Å². The molecule has 2 aromatic carbocycles. The van der Waals surface area contributed by atoms with E-state index in [2.05, 4.69) is 13.8 Å². The Labute approximate surface area is 199 Å². The third-order valence-corrected chi connectivity index (χ3v) is 5.41. The van der Waals surface area contributed by atoms with Gasteiger partial charge in [-0.05, 0) is 35.4 Å². The quantitative estimate of drug-likeness (QED) is 0.366. The second kappa shape index (κ2) is 12.5. The number of alkyl halides is 1. The van der Waals surface area contributed by atoms with E-state index >= 15 is 0 Å². The number of hydrogen-bond acceptors (Lipinski definition) is 7. The van der Waals surface area contributed by atoms with Gasteiger partial charge >= 0.3 is 11.9 Å². The summed E-state index contributed by atoms with van der Waals surface area (Å²) in [6.45, 7) is 6.81. The maximum absolute atomic E-state index is 11.1. The molecule has 0 aliphatic rings. The molecule has 8 heteroatoms. The summed E-state index contributed by atoms with van der Waals surface area (Å²) < 4.78 is 21.4. The van der Waals surface area contributed by atoms with Crippen molar-refractivity contribution >= 4 is 23.5 Å². The fourth-order valence-corrected chi connectivity index (χ4v) is 3.34. The predicted molar refractivity (Wildman–Crippen MR) is 125 cm³/mol. The first kappa shape index (κ1) is 26.5. The minimum absolute atomic E-state index is 0.0717. The van der Waals surface area contributed by atoms with Gasteiger partial charge in [0.1, 0.15) is 30.8 Å². The van der Waals surface area contributed by atoms with Crippen LogP contribution in [0, 0.1) is 0 Å². The fourth-order valence-electron chi connectivity index (χ4n) is 3.18. The summed E-state index contributed by atoms with van der Waals surface area (Å²) in [5.41, 5.74) is 1.89. The third-order valence-electron chi connectivity index (χ3n) is 5.06. The van der Waals surface area contributed by atoms with Crippen LogP contribution in [0.15, 0.2) is 48.5 Å². The van der Waals surface area contributed by atoms with Crippen molar-refractivity contribution in [1.82, 2.24) is 0 Å². The van der Waals surface area contributed by atoms with Gasteiger partial charge in [0.15, 0.2) is 6.10 Å². The molecule has 2 rings (SSSR count). The van der Waals surface area contributed by atoms with Crippen molar-refractivity contribution in [3.63, 3.8) is 0 Å². The molecule has 2 aromatic rings. The van der Waals surface area contributed by atoms with Crippen molar-refractivity contribution in [2.75, 3.05) is 25.7 Å². The summed E-state index contributed by atoms with van der Waals surface area (Å²) in [6, 6.07) is 15.4. The molecule has 180 valence electrons. The second-order valence-electron chi connectivity index (χ2n) is 8.10. The van der Waals surface area contributed by atoms with E-state index in [1.54, 1.807) is 0 Å². The van der Waals surface area contributed by atoms with Crippen LogP contribution in [0.4, 0.5) is 0 Å². The van der Waals surface area contributed by atoms with Gasteiger partial charge in [0.25, 0.3) is 0 Å². The molecule has 0 fully saturated rings. The van der Waals surface area contributed by atoms with Gasteiger partial charge in [0.05, 0.1) is 12.5 Å². The summed E-state index contributed by atoms with van der Waals surface area (Å²) in [5, 5.41) is 9.27. The Morgan fingerprint density at radius 2 is 1.21 bits per heavy atom. The van der Waals surface area contributed by atoms with Crippen LogP contribution in [0.5, 0.6) is 11.5 Å². The van der Waals surface area contributed by atoms with Crippen LogP contribution < -0.4 is 9.47 Å². The highest BCUT2D eigenvalue weighted by Gasteiger charge is 2.23. The summed E-state index contributed by atoms with van der Waals surface area (Å²) >= 11 is 5.81. The van der Waals surface area contributed by atoms with E-state index in [1.165, 1.54) is 13.8 Å². The van der Waals surface area contributed by atoms with Gasteiger partial charge in [-0.2, -0.15) is 0 Å². The van der Waals surface area contributed by atoms with Gasteiger partial charge in [-0.3, -0.25) is 9.59 Å². The Morgan fingerprint density at radius 1 is 0.818 bits per heavy atom. The van der Waals surface area contributed by atoms with Crippen LogP contribution in [0.3, 0.4) is 0 Å². The average Bonchev–Trinajstić information content (AvgIpc) is 2.79. The molecule has 0 aliphatic heterocycles. The number of ether oxygens (including phenoxy) is 4. The van der Waals surface area contributed by atoms with Crippen LogP contribution in [-0.4, -0.2) is 55.0 Å². The normalized spacial score (nSPS) is 13.0. The highest BCUT2D eigenvalue weighted by atomic mass is 35.5. The molecular formula is C25H31ClO7. The topological polar surface area (TPSA) is 91.3 Å². The van der Waals surface area contributed by atoms with Gasteiger partial charge in [-0.25, -0.2) is 0 Å². The van der Waals surface area contributed by atoms with Gasteiger partial charge in [0, 0.05) is 19.3 Å². The minimum atomic E-state index is -0.701. The van der Waals surface area contributed by atoms with Crippen LogP contribution in [0.25, 0.3) is 0 Å². The number of hydrogen-bond donors (Lipinski definition) is 1. The zero-order valence-corrected chi connectivity index (χ0v) is 20.1. The van der Waals surface area contributed by atoms with Crippen LogP contribution in [-0.2, 0) is 24.5 Å². The molecule has 1 N–H and O–H groups in total. The molecule has 2 atom stereocenters. The van der Waals surface area contributed by atoms with E-state index in [-0.39, 0.29) is 31.1 Å². The van der Waals surface area contributed by atoms with Crippen molar-refractivity contribution in [3.05, 3.63) is 59.7 Å². The molecule has 0 aliphatic carbocycles. The standard InChI is InChI=1S/C25H31ClO7/c1-17(28)32-23(13-26)15-30-21-9-5-19(6-10-21)25(3,4)20-7-11-22(12-8-20)31-16-24(14-27)33-18(2)29/h5-12,23-24,27H,13-16H2,1-4H3/t23-,24+/m0/s1. The van der Waals surface area contributed by atoms with Gasteiger partial charge in [-0.15, -0.1) is 11.6 Å². The molecule has 7 nitrogen and oxygen atoms in total. The molecule has 33 heavy (non-hydrogen) atoms. The number of rotatable bonds is 12. The lowest BCUT2D eigenvalue weighted by Gasteiger charge is -2.26. The van der Waals surface area contributed by atoms with E-state index in [1.807, 2.05) is 48.5 Å². The van der Waals surface area contributed by atoms with Crippen molar-refractivity contribution in [1.29, 1.82) is 0 Å². The summed E-state index contributed by atoms with van der Waals surface area (Å²) in [5.74, 6) is 0.580. The molecule has 0 unspecified atom stereocenters. The zero-order valence-electron chi connectivity index (χ0n) is 19.4. The lowest BCUT2D eigenvalue weighted by Crippen LogP contribution is -2.27. The monoisotopic (exact) mass is 478 g/mol. The van der Waals surface area contributed by atoms with Crippen LogP contribution in [0.2, 0.25) is 0 Å². The smallest absolute Gasteiger partial charge is 0.303 e. The predicted octanol–water partition coefficient (Wildman–Crippen LogP) is 3.86. The largest absolute Gasteiger partial charge is 0.490 e. The maximum atomic E-state index is 11.1. The molecule has 0 bridgehead atoms. The molecule has 0 radical (unpaired) electrons. The molecule has 0 aromatic heterocycles. The van der Waals surface area contributed by atoms with Crippen molar-refractivity contribution in [3.8, 4) is 11.5 Å². The minimum Gasteiger partial charge on any atom is -0.490 e. The molecule has 0 heterocycles. The lowest BCUT2D eigenvalue weighted by molar-refractivity contribution is -0.150. The van der Waals surface area contributed by atoms with Crippen LogP contribution >= 0.6 is 11.6 Å². The summed E-state index contributed by atoms with van der Waals surface area (Å²) in [7, 11) is 0. The first-order valence-corrected chi connectivity index (χ1v) is 11.2. The zero-order chi connectivity index (χ0) is 24.4. The van der Waals surface area contributed by atoms with Crippen LogP contribution in [0.1, 0.15) is 38.8 Å². The van der Waals surface area contributed by atoms with Crippen molar-refractivity contribution in [2.24, 2.45) is 0 Å². The Balaban J connectivity index is 1.99. The van der Waals surface area contributed by atoms with Gasteiger partial charge in [0.2, 0.25) is 0 Å². The van der Waals surface area contributed by atoms with E-state index < -0.39 is 24.1 Å². The highest BCUT2D eigenvalue weighted by molar-refractivity contribution is 6.18. The SMILES string of the molecule is CC(=O)O[C@H](CO)COc1ccc(C(C)(C)c2ccc(OC[C@H](CCl)OC(C)=O)cc2)cc1. The lowest BCUT2D eigenvalue weighted by atomic mass is 9.78. The Hall–Kier alpha value is -2.77. The number of benzene rings is 2. The molecular weight excluding hydrogens is 448 g/mol. The van der Waals surface area contributed by atoms with E-state index in [0.717, 1.165) is 11.1 Å². The van der Waals surface area contributed by atoms with Crippen molar-refractivity contribution < 1.29 is 33.6 Å². The third kappa shape index (κ3) is 8.26. The highest BCUT2D eigenvalue weighted by Crippen LogP contribution is 2.33. The Morgan fingerprint density at radius 3 is 1.58 bits per heavy atom. The Bertz CT molecular complexity index is 820. The first-order chi connectivity index (χ1) is 15.6. The molecule has 0 saturated carbocycles. The van der Waals surface area contributed by atoms with Gasteiger partial charge in [-0.1, -0.05) is 38.1 Å². The molecule has 0 amide bonds. The number of carbonyl (C=O) groups is 2. The summed E-state index contributed by atoms with van der Waals surface area (Å²) in [6.07, 6.45) is -1.20. The second-order valence-corrected chi connectivity index (χ2v) is 8.40. The number of halogens is 1. The average molecular weight is 479 g/mol. The fraction of sp³-hybridized carbons (Fsp3) is 0.440. The van der Waals surface area contributed by atoms with Gasteiger partial charge < -0.3 is 24.1 Å². The molecule has 0 spiro atoms. The van der Waals surface area contributed by atoms with E-state index in [4.69, 9.17) is 30.5 Å².